The van der Waals surface area contributed by atoms with E-state index in [2.05, 4.69) is 0 Å². The second-order valence-electron chi connectivity index (χ2n) is 4.63. The Morgan fingerprint density at radius 3 is 2.74 bits per heavy atom. The number of aliphatic carboxylic acids is 1. The highest BCUT2D eigenvalue weighted by Gasteiger charge is 2.32. The summed E-state index contributed by atoms with van der Waals surface area (Å²) in [6.07, 6.45) is 0. The molecule has 1 rings (SSSR count). The van der Waals surface area contributed by atoms with Crippen molar-refractivity contribution in [3.8, 4) is 6.07 Å². The van der Waals surface area contributed by atoms with Crippen LogP contribution in [0.3, 0.4) is 0 Å². The Labute approximate surface area is 121 Å². The van der Waals surface area contributed by atoms with E-state index in [9.17, 15) is 4.79 Å². The molecule has 6 heteroatoms. The molecule has 0 saturated carbocycles. The van der Waals surface area contributed by atoms with Crippen molar-refractivity contribution < 1.29 is 9.90 Å². The van der Waals surface area contributed by atoms with Gasteiger partial charge < -0.3 is 10.8 Å². The summed E-state index contributed by atoms with van der Waals surface area (Å²) in [6.45, 7) is 3.57. The van der Waals surface area contributed by atoms with Crippen molar-refractivity contribution in [1.29, 1.82) is 5.26 Å². The van der Waals surface area contributed by atoms with Crippen LogP contribution < -0.4 is 5.73 Å². The summed E-state index contributed by atoms with van der Waals surface area (Å²) in [4.78, 5) is 10.9. The third kappa shape index (κ3) is 4.13. The summed E-state index contributed by atoms with van der Waals surface area (Å²) in [7, 11) is 0. The normalized spacial score (nSPS) is 12.8. The number of halogens is 1. The molecule has 1 aromatic rings. The van der Waals surface area contributed by atoms with Crippen LogP contribution in [0.15, 0.2) is 18.2 Å². The number of rotatable bonds is 5. The lowest BCUT2D eigenvalue weighted by Gasteiger charge is -2.28. The maximum absolute atomic E-state index is 10.9. The lowest BCUT2D eigenvalue weighted by molar-refractivity contribution is -0.139. The number of nitrogens with zero attached hydrogens (tertiary/aromatic N) is 1. The molecule has 1 atom stereocenters. The Kier molecular flexibility index (Phi) is 5.24. The largest absolute Gasteiger partial charge is 0.480 e. The Hall–Kier alpha value is -1.22. The van der Waals surface area contributed by atoms with Crippen molar-refractivity contribution in [1.82, 2.24) is 0 Å². The van der Waals surface area contributed by atoms with Gasteiger partial charge in [-0.2, -0.15) is 5.26 Å². The number of nitrogens with two attached hydrogens (primary N) is 1. The van der Waals surface area contributed by atoms with E-state index in [1.807, 2.05) is 6.07 Å². The molecule has 0 aliphatic rings. The predicted molar refractivity (Wildman–Crippen MR) is 77.2 cm³/mol. The molecule has 0 radical (unpaired) electrons. The van der Waals surface area contributed by atoms with Crippen molar-refractivity contribution in [3.63, 3.8) is 0 Å². The van der Waals surface area contributed by atoms with E-state index in [1.165, 1.54) is 11.8 Å². The van der Waals surface area contributed by atoms with Gasteiger partial charge in [0, 0.05) is 15.5 Å². The molecule has 19 heavy (non-hydrogen) atoms. The van der Waals surface area contributed by atoms with E-state index in [-0.39, 0.29) is 0 Å². The van der Waals surface area contributed by atoms with Crippen LogP contribution in [0.2, 0.25) is 5.02 Å². The van der Waals surface area contributed by atoms with Gasteiger partial charge in [-0.1, -0.05) is 17.7 Å². The van der Waals surface area contributed by atoms with Crippen molar-refractivity contribution in [2.75, 3.05) is 0 Å². The number of nitriles is 1. The zero-order valence-electron chi connectivity index (χ0n) is 10.7. The van der Waals surface area contributed by atoms with Crippen LogP contribution in [-0.2, 0) is 10.5 Å². The number of hydrogen-bond donors (Lipinski definition) is 2. The number of hydrogen-bond acceptors (Lipinski definition) is 4. The summed E-state index contributed by atoms with van der Waals surface area (Å²) >= 11 is 7.49. The summed E-state index contributed by atoms with van der Waals surface area (Å²) < 4.78 is -0.608. The fourth-order valence-electron chi connectivity index (χ4n) is 1.38. The second kappa shape index (κ2) is 6.29. The van der Waals surface area contributed by atoms with Gasteiger partial charge in [0.05, 0.1) is 11.6 Å². The molecule has 0 heterocycles. The Bertz CT molecular complexity index is 526. The minimum absolute atomic E-state index is 0.500. The van der Waals surface area contributed by atoms with Gasteiger partial charge in [-0.25, -0.2) is 0 Å². The highest BCUT2D eigenvalue weighted by atomic mass is 35.5. The van der Waals surface area contributed by atoms with E-state index >= 15 is 0 Å². The van der Waals surface area contributed by atoms with Crippen LogP contribution in [0, 0.1) is 11.3 Å². The van der Waals surface area contributed by atoms with Crippen LogP contribution in [0.5, 0.6) is 0 Å². The second-order valence-corrected chi connectivity index (χ2v) is 6.66. The minimum atomic E-state index is -1.02. The molecule has 0 spiro atoms. The smallest absolute Gasteiger partial charge is 0.321 e. The first-order valence-electron chi connectivity index (χ1n) is 5.59. The van der Waals surface area contributed by atoms with Crippen molar-refractivity contribution in [2.45, 2.75) is 30.4 Å². The fraction of sp³-hybridized carbons (Fsp3) is 0.385. The number of thioether (sulfide) groups is 1. The van der Waals surface area contributed by atoms with Crippen molar-refractivity contribution >= 4 is 29.3 Å². The number of carboxylic acid groups (broad SMARTS) is 1. The molecule has 0 bridgehead atoms. The van der Waals surface area contributed by atoms with Gasteiger partial charge in [0.1, 0.15) is 6.04 Å². The van der Waals surface area contributed by atoms with Gasteiger partial charge in [0.15, 0.2) is 0 Å². The third-order valence-corrected chi connectivity index (χ3v) is 4.60. The molecule has 0 saturated heterocycles. The van der Waals surface area contributed by atoms with Crippen molar-refractivity contribution in [3.05, 3.63) is 34.3 Å². The molecule has 0 aliphatic heterocycles. The molecule has 0 amide bonds. The van der Waals surface area contributed by atoms with E-state index in [0.29, 0.717) is 16.3 Å². The maximum atomic E-state index is 10.9. The lowest BCUT2D eigenvalue weighted by atomic mass is 10.1. The van der Waals surface area contributed by atoms with Gasteiger partial charge in [0.2, 0.25) is 0 Å². The maximum Gasteiger partial charge on any atom is 0.321 e. The molecule has 1 aromatic carbocycles. The summed E-state index contributed by atoms with van der Waals surface area (Å²) in [5.74, 6) is -0.484. The summed E-state index contributed by atoms with van der Waals surface area (Å²) in [6, 6.07) is 6.12. The van der Waals surface area contributed by atoms with Crippen LogP contribution in [-0.4, -0.2) is 21.9 Å². The summed E-state index contributed by atoms with van der Waals surface area (Å²) in [5.41, 5.74) is 7.00. The zero-order chi connectivity index (χ0) is 14.6. The molecule has 0 aliphatic carbocycles. The van der Waals surface area contributed by atoms with Gasteiger partial charge in [0.25, 0.3) is 0 Å². The Balaban J connectivity index is 2.77. The van der Waals surface area contributed by atoms with Crippen LogP contribution in [0.25, 0.3) is 0 Å². The third-order valence-electron chi connectivity index (χ3n) is 2.80. The Morgan fingerprint density at radius 1 is 1.63 bits per heavy atom. The SMILES string of the molecule is CC(C)(SCc1ccc(C#N)cc1Cl)[C@H](N)C(=O)O. The van der Waals surface area contributed by atoms with Crippen LogP contribution in [0.1, 0.15) is 25.0 Å². The highest BCUT2D eigenvalue weighted by Crippen LogP contribution is 2.32. The molecule has 0 aromatic heterocycles. The standard InChI is InChI=1S/C13H15ClN2O2S/c1-13(2,11(16)12(17)18)19-7-9-4-3-8(6-15)5-10(9)14/h3-5,11H,7,16H2,1-2H3,(H,17,18)/t11-/m1/s1. The van der Waals surface area contributed by atoms with E-state index < -0.39 is 16.8 Å². The number of carbonyl (C=O) groups is 1. The van der Waals surface area contributed by atoms with Gasteiger partial charge in [-0.3, -0.25) is 4.79 Å². The number of carboxylic acids is 1. The molecule has 102 valence electrons. The van der Waals surface area contributed by atoms with Crippen molar-refractivity contribution in [2.24, 2.45) is 5.73 Å². The van der Waals surface area contributed by atoms with E-state index in [4.69, 9.17) is 27.7 Å². The first-order chi connectivity index (χ1) is 8.77. The molecular formula is C13H15ClN2O2S. The van der Waals surface area contributed by atoms with E-state index in [1.54, 1.807) is 32.0 Å². The summed E-state index contributed by atoms with van der Waals surface area (Å²) in [5, 5.41) is 18.2. The molecular weight excluding hydrogens is 284 g/mol. The van der Waals surface area contributed by atoms with Crippen LogP contribution >= 0.6 is 23.4 Å². The molecule has 4 nitrogen and oxygen atoms in total. The lowest BCUT2D eigenvalue weighted by Crippen LogP contribution is -2.46. The number of benzene rings is 1. The fourth-order valence-corrected chi connectivity index (χ4v) is 2.77. The zero-order valence-corrected chi connectivity index (χ0v) is 12.3. The average Bonchev–Trinajstić information content (AvgIpc) is 2.36. The molecule has 0 unspecified atom stereocenters. The molecule has 0 fully saturated rings. The van der Waals surface area contributed by atoms with Gasteiger partial charge in [-0.05, 0) is 31.5 Å². The van der Waals surface area contributed by atoms with Gasteiger partial charge in [-0.15, -0.1) is 11.8 Å². The molecule has 3 N–H and O–H groups in total. The minimum Gasteiger partial charge on any atom is -0.480 e. The van der Waals surface area contributed by atoms with E-state index in [0.717, 1.165) is 5.56 Å². The highest BCUT2D eigenvalue weighted by molar-refractivity contribution is 7.99. The monoisotopic (exact) mass is 298 g/mol. The van der Waals surface area contributed by atoms with Gasteiger partial charge >= 0.3 is 5.97 Å². The topological polar surface area (TPSA) is 87.1 Å². The quantitative estimate of drug-likeness (QED) is 0.872. The van der Waals surface area contributed by atoms with Crippen LogP contribution in [0.4, 0.5) is 0 Å². The first kappa shape index (κ1) is 15.8. The predicted octanol–water partition coefficient (Wildman–Crippen LogP) is 2.64. The Morgan fingerprint density at radius 2 is 2.26 bits per heavy atom. The first-order valence-corrected chi connectivity index (χ1v) is 6.95. The average molecular weight is 299 g/mol.